The first-order chi connectivity index (χ1) is 10.2. The Balaban J connectivity index is 1.59. The molecule has 0 radical (unpaired) electrons. The van der Waals surface area contributed by atoms with Gasteiger partial charge < -0.3 is 10.1 Å². The number of benzene rings is 2. The van der Waals surface area contributed by atoms with Gasteiger partial charge in [-0.05, 0) is 65.3 Å². The van der Waals surface area contributed by atoms with Gasteiger partial charge in [0.1, 0.15) is 12.4 Å². The van der Waals surface area contributed by atoms with E-state index in [1.54, 1.807) is 0 Å². The van der Waals surface area contributed by atoms with Crippen LogP contribution >= 0.6 is 38.5 Å². The number of hydrogen-bond donors (Lipinski definition) is 1. The van der Waals surface area contributed by atoms with Crippen LogP contribution in [0, 0.1) is 3.57 Å². The lowest BCUT2D eigenvalue weighted by molar-refractivity contribution is 0.305. The molecular weight excluding hydrogens is 441 g/mol. The van der Waals surface area contributed by atoms with Crippen molar-refractivity contribution in [2.75, 3.05) is 0 Å². The summed E-state index contributed by atoms with van der Waals surface area (Å²) < 4.78 is 8.15. The minimum absolute atomic E-state index is 0.580. The molecule has 0 saturated heterocycles. The van der Waals surface area contributed by atoms with Crippen LogP contribution in [0.4, 0.5) is 0 Å². The summed E-state index contributed by atoms with van der Waals surface area (Å²) in [5.41, 5.74) is 2.48. The number of halogens is 2. The zero-order valence-electron chi connectivity index (χ0n) is 11.6. The molecule has 0 amide bonds. The maximum atomic E-state index is 5.85. The Hall–Kier alpha value is -0.590. The summed E-state index contributed by atoms with van der Waals surface area (Å²) in [5.74, 6) is 0.910. The van der Waals surface area contributed by atoms with Crippen LogP contribution in [0.5, 0.6) is 5.75 Å². The molecule has 1 N–H and O–H groups in total. The first kappa shape index (κ1) is 15.3. The molecule has 21 heavy (non-hydrogen) atoms. The Labute approximate surface area is 147 Å². The standard InChI is InChI=1S/C17H17BrINO/c18-17-8-12(10-20-15-6-7-15)4-5-13(17)11-21-16-3-1-2-14(19)9-16/h1-5,8-9,15,20H,6-7,10-11H2. The summed E-state index contributed by atoms with van der Waals surface area (Å²) in [4.78, 5) is 0. The predicted molar refractivity (Wildman–Crippen MR) is 97.5 cm³/mol. The Bertz CT molecular complexity index is 628. The van der Waals surface area contributed by atoms with Crippen LogP contribution in [0.2, 0.25) is 0 Å². The molecule has 0 heterocycles. The van der Waals surface area contributed by atoms with Gasteiger partial charge in [0.25, 0.3) is 0 Å². The molecule has 110 valence electrons. The molecule has 0 aliphatic heterocycles. The third kappa shape index (κ3) is 4.69. The second-order valence-electron chi connectivity index (χ2n) is 5.33. The zero-order valence-corrected chi connectivity index (χ0v) is 15.4. The van der Waals surface area contributed by atoms with Gasteiger partial charge in [0, 0.05) is 26.2 Å². The lowest BCUT2D eigenvalue weighted by atomic mass is 10.1. The smallest absolute Gasteiger partial charge is 0.120 e. The average molecular weight is 458 g/mol. The van der Waals surface area contributed by atoms with Gasteiger partial charge in [-0.2, -0.15) is 0 Å². The van der Waals surface area contributed by atoms with Crippen LogP contribution in [-0.4, -0.2) is 6.04 Å². The van der Waals surface area contributed by atoms with Crippen molar-refractivity contribution in [2.24, 2.45) is 0 Å². The number of nitrogens with one attached hydrogen (secondary N) is 1. The van der Waals surface area contributed by atoms with E-state index in [1.807, 2.05) is 18.2 Å². The average Bonchev–Trinajstić information content (AvgIpc) is 3.28. The van der Waals surface area contributed by atoms with E-state index in [0.29, 0.717) is 6.61 Å². The minimum atomic E-state index is 0.580. The van der Waals surface area contributed by atoms with Gasteiger partial charge in [0.2, 0.25) is 0 Å². The third-order valence-electron chi connectivity index (χ3n) is 3.48. The largest absolute Gasteiger partial charge is 0.489 e. The normalized spacial score (nSPS) is 14.2. The van der Waals surface area contributed by atoms with Crippen molar-refractivity contribution in [1.29, 1.82) is 0 Å². The van der Waals surface area contributed by atoms with Crippen LogP contribution in [0.3, 0.4) is 0 Å². The van der Waals surface area contributed by atoms with Crippen molar-refractivity contribution in [3.05, 3.63) is 61.6 Å². The molecule has 2 aromatic carbocycles. The highest BCUT2D eigenvalue weighted by molar-refractivity contribution is 14.1. The maximum absolute atomic E-state index is 5.85. The van der Waals surface area contributed by atoms with E-state index in [-0.39, 0.29) is 0 Å². The lowest BCUT2D eigenvalue weighted by Gasteiger charge is -2.10. The molecule has 4 heteroatoms. The van der Waals surface area contributed by atoms with Gasteiger partial charge in [-0.25, -0.2) is 0 Å². The first-order valence-electron chi connectivity index (χ1n) is 7.10. The summed E-state index contributed by atoms with van der Waals surface area (Å²) >= 11 is 5.94. The topological polar surface area (TPSA) is 21.3 Å². The van der Waals surface area contributed by atoms with Crippen LogP contribution in [0.25, 0.3) is 0 Å². The predicted octanol–water partition coefficient (Wildman–Crippen LogP) is 4.88. The molecule has 1 aliphatic carbocycles. The van der Waals surface area contributed by atoms with Crippen LogP contribution in [-0.2, 0) is 13.2 Å². The van der Waals surface area contributed by atoms with Gasteiger partial charge in [-0.3, -0.25) is 0 Å². The fraction of sp³-hybridized carbons (Fsp3) is 0.294. The second kappa shape index (κ2) is 7.11. The Morgan fingerprint density at radius 2 is 2.05 bits per heavy atom. The quantitative estimate of drug-likeness (QED) is 0.624. The van der Waals surface area contributed by atoms with Crippen LogP contribution < -0.4 is 10.1 Å². The van der Waals surface area contributed by atoms with Gasteiger partial charge in [0.15, 0.2) is 0 Å². The van der Waals surface area contributed by atoms with Crippen molar-refractivity contribution >= 4 is 38.5 Å². The summed E-state index contributed by atoms with van der Waals surface area (Å²) in [5, 5.41) is 3.53. The first-order valence-corrected chi connectivity index (χ1v) is 8.97. The van der Waals surface area contributed by atoms with Gasteiger partial charge in [-0.1, -0.05) is 34.1 Å². The molecule has 0 spiro atoms. The van der Waals surface area contributed by atoms with E-state index in [1.165, 1.54) is 27.5 Å². The lowest BCUT2D eigenvalue weighted by Crippen LogP contribution is -2.15. The number of rotatable bonds is 6. The van der Waals surface area contributed by atoms with Crippen molar-refractivity contribution in [3.63, 3.8) is 0 Å². The zero-order chi connectivity index (χ0) is 14.7. The van der Waals surface area contributed by atoms with Crippen molar-refractivity contribution in [1.82, 2.24) is 5.32 Å². The molecule has 0 atom stereocenters. The highest BCUT2D eigenvalue weighted by atomic mass is 127. The highest BCUT2D eigenvalue weighted by Gasteiger charge is 2.19. The number of hydrogen-bond acceptors (Lipinski definition) is 2. The Kier molecular flexibility index (Phi) is 5.19. The molecule has 1 fully saturated rings. The van der Waals surface area contributed by atoms with Crippen molar-refractivity contribution in [2.45, 2.75) is 32.0 Å². The fourth-order valence-corrected chi connectivity index (χ4v) is 3.14. The summed E-state index contributed by atoms with van der Waals surface area (Å²) in [6.45, 7) is 1.53. The molecule has 3 rings (SSSR count). The van der Waals surface area contributed by atoms with Gasteiger partial charge in [-0.15, -0.1) is 0 Å². The monoisotopic (exact) mass is 457 g/mol. The van der Waals surface area contributed by atoms with Crippen molar-refractivity contribution < 1.29 is 4.74 Å². The minimum Gasteiger partial charge on any atom is -0.489 e. The molecule has 0 bridgehead atoms. The molecule has 1 saturated carbocycles. The second-order valence-corrected chi connectivity index (χ2v) is 7.43. The van der Waals surface area contributed by atoms with Crippen LogP contribution in [0.1, 0.15) is 24.0 Å². The van der Waals surface area contributed by atoms with E-state index >= 15 is 0 Å². The van der Waals surface area contributed by atoms with E-state index in [0.717, 1.165) is 22.8 Å². The molecular formula is C17H17BrINO. The molecule has 0 aromatic heterocycles. The molecule has 2 nitrogen and oxygen atoms in total. The highest BCUT2D eigenvalue weighted by Crippen LogP contribution is 2.23. The Morgan fingerprint density at radius 1 is 1.19 bits per heavy atom. The summed E-state index contributed by atoms with van der Waals surface area (Å²) in [6.07, 6.45) is 2.64. The van der Waals surface area contributed by atoms with Gasteiger partial charge in [0.05, 0.1) is 0 Å². The summed E-state index contributed by atoms with van der Waals surface area (Å²) in [6, 6.07) is 15.3. The maximum Gasteiger partial charge on any atom is 0.120 e. The molecule has 1 aliphatic rings. The van der Waals surface area contributed by atoms with Crippen LogP contribution in [0.15, 0.2) is 46.9 Å². The third-order valence-corrected chi connectivity index (χ3v) is 4.89. The summed E-state index contributed by atoms with van der Waals surface area (Å²) in [7, 11) is 0. The van der Waals surface area contributed by atoms with E-state index < -0.39 is 0 Å². The van der Waals surface area contributed by atoms with Crippen molar-refractivity contribution in [3.8, 4) is 5.75 Å². The molecule has 2 aromatic rings. The molecule has 0 unspecified atom stereocenters. The van der Waals surface area contributed by atoms with E-state index in [4.69, 9.17) is 4.74 Å². The SMILES string of the molecule is Brc1cc(CNC2CC2)ccc1COc1cccc(I)c1. The van der Waals surface area contributed by atoms with E-state index in [2.05, 4.69) is 68.1 Å². The Morgan fingerprint density at radius 3 is 2.76 bits per heavy atom. The van der Waals surface area contributed by atoms with E-state index in [9.17, 15) is 0 Å². The van der Waals surface area contributed by atoms with Gasteiger partial charge >= 0.3 is 0 Å². The number of ether oxygens (including phenoxy) is 1. The fourth-order valence-electron chi connectivity index (χ4n) is 2.09.